The van der Waals surface area contributed by atoms with Crippen molar-refractivity contribution in [2.75, 3.05) is 36.8 Å². The fraction of sp³-hybridized carbons (Fsp3) is 0.154. The largest absolute Gasteiger partial charge is 0.494 e. The maximum absolute atomic E-state index is 14.9. The number of carbonyl (C=O) groups is 3. The number of carboxylic acid groups (broad SMARTS) is 1. The van der Waals surface area contributed by atoms with Crippen molar-refractivity contribution >= 4 is 57.1 Å². The maximum Gasteiger partial charge on any atom is 0.349 e. The monoisotopic (exact) mass is 538 g/mol. The Bertz CT molecular complexity index is 1530. The predicted molar refractivity (Wildman–Crippen MR) is 142 cm³/mol. The Morgan fingerprint density at radius 1 is 1.13 bits per heavy atom. The van der Waals surface area contributed by atoms with Gasteiger partial charge in [0, 0.05) is 42.8 Å². The molecule has 4 aromatic rings. The minimum atomic E-state index is -1.43. The quantitative estimate of drug-likeness (QED) is 0.261. The van der Waals surface area contributed by atoms with Gasteiger partial charge >= 0.3 is 18.0 Å². The molecule has 0 saturated carbocycles. The third-order valence-corrected chi connectivity index (χ3v) is 6.69. The Morgan fingerprint density at radius 3 is 2.61 bits per heavy atom. The minimum Gasteiger partial charge on any atom is -0.494 e. The lowest BCUT2D eigenvalue weighted by Gasteiger charge is -2.24. The van der Waals surface area contributed by atoms with Gasteiger partial charge in [-0.25, -0.2) is 18.8 Å². The van der Waals surface area contributed by atoms with Crippen LogP contribution in [0.4, 0.5) is 26.2 Å². The van der Waals surface area contributed by atoms with Crippen molar-refractivity contribution in [1.29, 1.82) is 0 Å². The van der Waals surface area contributed by atoms with Crippen LogP contribution in [-0.2, 0) is 11.3 Å². The number of urea groups is 1. The van der Waals surface area contributed by atoms with Gasteiger partial charge in [-0.15, -0.1) is 11.3 Å². The number of carboxylic acids is 1. The molecule has 2 amide bonds. The van der Waals surface area contributed by atoms with Crippen molar-refractivity contribution in [2.24, 2.45) is 0 Å². The molecule has 2 aromatic heterocycles. The van der Waals surface area contributed by atoms with Crippen molar-refractivity contribution < 1.29 is 33.4 Å². The Morgan fingerprint density at radius 2 is 1.89 bits per heavy atom. The third-order valence-electron chi connectivity index (χ3n) is 5.73. The van der Waals surface area contributed by atoms with Crippen LogP contribution in [0.2, 0.25) is 0 Å². The molecule has 0 atom stereocenters. The van der Waals surface area contributed by atoms with Crippen molar-refractivity contribution in [3.63, 3.8) is 0 Å². The average molecular weight is 539 g/mol. The molecule has 2 aromatic carbocycles. The Hall–Kier alpha value is -4.71. The smallest absolute Gasteiger partial charge is 0.349 e. The fourth-order valence-electron chi connectivity index (χ4n) is 3.94. The van der Waals surface area contributed by atoms with Crippen LogP contribution in [-0.4, -0.2) is 49.3 Å². The number of aromatic nitrogens is 1. The van der Waals surface area contributed by atoms with E-state index < -0.39 is 29.4 Å². The number of halogens is 1. The SMILES string of the molecule is COC(=O)c1scc(NC(=O)Nc2cc(N(C)Cc3cccc4ccncc34)c(OC)cc2F)c1C(=O)O. The van der Waals surface area contributed by atoms with Crippen molar-refractivity contribution in [3.05, 3.63) is 76.0 Å². The van der Waals surface area contributed by atoms with Crippen LogP contribution in [0.25, 0.3) is 10.8 Å². The molecule has 0 unspecified atom stereocenters. The third kappa shape index (κ3) is 5.34. The first-order valence-electron chi connectivity index (χ1n) is 11.1. The number of anilines is 3. The van der Waals surface area contributed by atoms with E-state index in [-0.39, 0.29) is 22.0 Å². The molecule has 196 valence electrons. The zero-order chi connectivity index (χ0) is 27.4. The Balaban J connectivity index is 1.59. The van der Waals surface area contributed by atoms with Crippen molar-refractivity contribution in [2.45, 2.75) is 6.54 Å². The highest BCUT2D eigenvalue weighted by Gasteiger charge is 2.25. The molecule has 0 aliphatic carbocycles. The number of rotatable bonds is 8. The van der Waals surface area contributed by atoms with Gasteiger partial charge < -0.3 is 30.1 Å². The number of nitrogens with one attached hydrogen (secondary N) is 2. The number of esters is 1. The highest BCUT2D eigenvalue weighted by Crippen LogP contribution is 2.35. The van der Waals surface area contributed by atoms with E-state index >= 15 is 0 Å². The molecular formula is C26H23FN4O6S. The van der Waals surface area contributed by atoms with E-state index in [1.54, 1.807) is 19.4 Å². The number of nitrogens with zero attached hydrogens (tertiary/aromatic N) is 2. The van der Waals surface area contributed by atoms with Crippen LogP contribution in [0.15, 0.2) is 54.2 Å². The molecule has 0 aliphatic rings. The summed E-state index contributed by atoms with van der Waals surface area (Å²) in [5, 5.41) is 17.6. The van der Waals surface area contributed by atoms with Gasteiger partial charge in [0.05, 0.1) is 31.3 Å². The summed E-state index contributed by atoms with van der Waals surface area (Å²) in [6.07, 6.45) is 3.49. The van der Waals surface area contributed by atoms with E-state index in [9.17, 15) is 23.9 Å². The number of pyridine rings is 1. The normalized spacial score (nSPS) is 10.6. The average Bonchev–Trinajstić information content (AvgIpc) is 3.33. The van der Waals surface area contributed by atoms with Crippen LogP contribution >= 0.6 is 11.3 Å². The standard InChI is InChI=1S/C26H23FN4O6S/c1-31(12-15-6-4-5-14-7-8-28-11-16(14)15)20-10-18(17(27)9-21(20)36-2)29-26(35)30-19-13-38-23(25(34)37-3)22(19)24(32)33/h4-11,13H,12H2,1-3H3,(H,32,33)(H2,29,30,35). The summed E-state index contributed by atoms with van der Waals surface area (Å²) in [4.78, 5) is 42.1. The number of ether oxygens (including phenoxy) is 2. The Kier molecular flexibility index (Phi) is 7.72. The first-order chi connectivity index (χ1) is 18.2. The lowest BCUT2D eigenvalue weighted by molar-refractivity contribution is 0.0589. The van der Waals surface area contributed by atoms with Crippen LogP contribution in [0, 0.1) is 5.82 Å². The van der Waals surface area contributed by atoms with E-state index in [2.05, 4.69) is 20.4 Å². The molecule has 0 aliphatic heterocycles. The summed E-state index contributed by atoms with van der Waals surface area (Å²) < 4.78 is 24.8. The predicted octanol–water partition coefficient (Wildman–Crippen LogP) is 5.21. The molecule has 4 rings (SSSR count). The van der Waals surface area contributed by atoms with Gasteiger partial charge in [-0.1, -0.05) is 18.2 Å². The number of aromatic carboxylic acids is 1. The molecule has 10 nitrogen and oxygen atoms in total. The number of benzene rings is 2. The Labute approximate surface area is 220 Å². The molecule has 3 N–H and O–H groups in total. The summed E-state index contributed by atoms with van der Waals surface area (Å²) >= 11 is 0.802. The number of methoxy groups -OCH3 is 2. The summed E-state index contributed by atoms with van der Waals surface area (Å²) in [5.74, 6) is -2.78. The van der Waals surface area contributed by atoms with Gasteiger partial charge in [-0.2, -0.15) is 0 Å². The highest BCUT2D eigenvalue weighted by atomic mass is 32.1. The summed E-state index contributed by atoms with van der Waals surface area (Å²) in [6, 6.07) is 9.46. The van der Waals surface area contributed by atoms with E-state index in [1.165, 1.54) is 18.6 Å². The van der Waals surface area contributed by atoms with Crippen molar-refractivity contribution in [3.8, 4) is 5.75 Å². The molecule has 0 spiro atoms. The van der Waals surface area contributed by atoms with Gasteiger partial charge in [-0.05, 0) is 23.1 Å². The first-order valence-corrected chi connectivity index (χ1v) is 12.0. The topological polar surface area (TPSA) is 130 Å². The van der Waals surface area contributed by atoms with E-state index in [1.807, 2.05) is 29.2 Å². The van der Waals surface area contributed by atoms with Gasteiger partial charge in [0.1, 0.15) is 16.2 Å². The number of amides is 2. The lowest BCUT2D eigenvalue weighted by atomic mass is 10.1. The molecule has 2 heterocycles. The number of fused-ring (bicyclic) bond motifs is 1. The first kappa shape index (κ1) is 26.4. The molecule has 0 fully saturated rings. The van der Waals surface area contributed by atoms with Crippen LogP contribution < -0.4 is 20.3 Å². The lowest BCUT2D eigenvalue weighted by Crippen LogP contribution is -2.22. The number of hydrogen-bond acceptors (Lipinski definition) is 8. The second-order valence-electron chi connectivity index (χ2n) is 8.10. The van der Waals surface area contributed by atoms with E-state index in [0.29, 0.717) is 12.2 Å². The van der Waals surface area contributed by atoms with Gasteiger partial charge in [0.25, 0.3) is 0 Å². The summed E-state index contributed by atoms with van der Waals surface area (Å²) in [5.41, 5.74) is 0.773. The molecule has 12 heteroatoms. The molecule has 0 radical (unpaired) electrons. The number of thiophene rings is 1. The van der Waals surface area contributed by atoms with Crippen LogP contribution in [0.5, 0.6) is 5.75 Å². The zero-order valence-electron chi connectivity index (χ0n) is 20.6. The van der Waals surface area contributed by atoms with Gasteiger partial charge in [0.15, 0.2) is 5.82 Å². The molecule has 0 saturated heterocycles. The second-order valence-corrected chi connectivity index (χ2v) is 8.98. The molecular weight excluding hydrogens is 515 g/mol. The number of hydrogen-bond donors (Lipinski definition) is 3. The zero-order valence-corrected chi connectivity index (χ0v) is 21.4. The van der Waals surface area contributed by atoms with E-state index in [4.69, 9.17) is 4.74 Å². The molecule has 38 heavy (non-hydrogen) atoms. The van der Waals surface area contributed by atoms with Crippen LogP contribution in [0.1, 0.15) is 25.6 Å². The maximum atomic E-state index is 14.9. The summed E-state index contributed by atoms with van der Waals surface area (Å²) in [6.45, 7) is 0.434. The van der Waals surface area contributed by atoms with Crippen LogP contribution in [0.3, 0.4) is 0 Å². The molecule has 0 bridgehead atoms. The highest BCUT2D eigenvalue weighted by molar-refractivity contribution is 7.13. The number of carbonyl (C=O) groups excluding carboxylic acids is 2. The van der Waals surface area contributed by atoms with Gasteiger partial charge in [0.2, 0.25) is 0 Å². The summed E-state index contributed by atoms with van der Waals surface area (Å²) in [7, 11) is 4.33. The van der Waals surface area contributed by atoms with Crippen molar-refractivity contribution in [1.82, 2.24) is 4.98 Å². The fourth-order valence-corrected chi connectivity index (χ4v) is 4.84. The second kappa shape index (κ2) is 11.1. The van der Waals surface area contributed by atoms with E-state index in [0.717, 1.165) is 40.8 Å². The van der Waals surface area contributed by atoms with Gasteiger partial charge in [-0.3, -0.25) is 4.98 Å². The minimum absolute atomic E-state index is 0.128.